The lowest BCUT2D eigenvalue weighted by molar-refractivity contribution is 0.261. The number of nitrogens with two attached hydrogens (primary N) is 1. The summed E-state index contributed by atoms with van der Waals surface area (Å²) in [7, 11) is 0. The lowest BCUT2D eigenvalue weighted by Gasteiger charge is -2.32. The number of amidine groups is 1. The van der Waals surface area contributed by atoms with Crippen LogP contribution in [0.1, 0.15) is 11.1 Å². The summed E-state index contributed by atoms with van der Waals surface area (Å²) in [4.78, 5) is 8.46. The standard InChI is InChI=1S/C14H11N3O4/c15-13-17-14(6-20-13)9-3-7(18)1-2-11(9)21-12-10(14)4-8(19)5-16-12/h1-5,18-19H,6H2,(H2,15,17)/t14-/m0/s1. The van der Waals surface area contributed by atoms with Gasteiger partial charge in [-0.2, -0.15) is 0 Å². The van der Waals surface area contributed by atoms with Gasteiger partial charge in [-0.1, -0.05) is 0 Å². The van der Waals surface area contributed by atoms with E-state index >= 15 is 0 Å². The highest BCUT2D eigenvalue weighted by Crippen LogP contribution is 2.51. The first kappa shape index (κ1) is 11.8. The van der Waals surface area contributed by atoms with Crippen molar-refractivity contribution in [3.8, 4) is 23.1 Å². The first-order valence-electron chi connectivity index (χ1n) is 6.27. The highest BCUT2D eigenvalue weighted by molar-refractivity contribution is 5.76. The molecule has 7 heteroatoms. The Morgan fingerprint density at radius 2 is 1.95 bits per heavy atom. The Hall–Kier alpha value is -2.96. The number of hydrogen-bond donors (Lipinski definition) is 3. The molecule has 4 rings (SSSR count). The molecule has 7 nitrogen and oxygen atoms in total. The van der Waals surface area contributed by atoms with Gasteiger partial charge in [-0.15, -0.1) is 0 Å². The molecular formula is C14H11N3O4. The number of ether oxygens (including phenoxy) is 2. The molecule has 1 aromatic heterocycles. The summed E-state index contributed by atoms with van der Waals surface area (Å²) >= 11 is 0. The molecule has 0 bridgehead atoms. The van der Waals surface area contributed by atoms with Crippen LogP contribution in [0.5, 0.6) is 23.1 Å². The molecule has 0 saturated heterocycles. The number of hydrogen-bond acceptors (Lipinski definition) is 7. The Labute approximate surface area is 119 Å². The van der Waals surface area contributed by atoms with Gasteiger partial charge in [0.25, 0.3) is 6.02 Å². The van der Waals surface area contributed by atoms with Crippen LogP contribution in [0.4, 0.5) is 0 Å². The minimum absolute atomic E-state index is 0.0130. The Kier molecular flexibility index (Phi) is 2.13. The van der Waals surface area contributed by atoms with Crippen molar-refractivity contribution in [2.75, 3.05) is 6.61 Å². The predicted molar refractivity (Wildman–Crippen MR) is 72.4 cm³/mol. The number of benzene rings is 1. The van der Waals surface area contributed by atoms with Crippen molar-refractivity contribution < 1.29 is 19.7 Å². The topological polar surface area (TPSA) is 110 Å². The molecule has 2 aliphatic rings. The smallest absolute Gasteiger partial charge is 0.283 e. The van der Waals surface area contributed by atoms with E-state index in [-0.39, 0.29) is 24.1 Å². The summed E-state index contributed by atoms with van der Waals surface area (Å²) in [5.74, 6) is 0.906. The third-order valence-electron chi connectivity index (χ3n) is 3.63. The van der Waals surface area contributed by atoms with E-state index in [9.17, 15) is 10.2 Å². The van der Waals surface area contributed by atoms with Crippen LogP contribution >= 0.6 is 0 Å². The monoisotopic (exact) mass is 285 g/mol. The maximum atomic E-state index is 9.76. The fourth-order valence-electron chi connectivity index (χ4n) is 2.71. The van der Waals surface area contributed by atoms with E-state index in [0.29, 0.717) is 22.8 Å². The van der Waals surface area contributed by atoms with Crippen molar-refractivity contribution in [1.29, 1.82) is 0 Å². The Morgan fingerprint density at radius 1 is 1.14 bits per heavy atom. The fourth-order valence-corrected chi connectivity index (χ4v) is 2.71. The predicted octanol–water partition coefficient (Wildman–Crippen LogP) is 1.19. The summed E-state index contributed by atoms with van der Waals surface area (Å²) in [5.41, 5.74) is 5.85. The number of aromatic nitrogens is 1. The average Bonchev–Trinajstić information content (AvgIpc) is 2.84. The summed E-state index contributed by atoms with van der Waals surface area (Å²) < 4.78 is 11.0. The van der Waals surface area contributed by atoms with Crippen LogP contribution in [0.25, 0.3) is 0 Å². The molecule has 106 valence electrons. The van der Waals surface area contributed by atoms with Crippen LogP contribution in [-0.4, -0.2) is 27.8 Å². The van der Waals surface area contributed by atoms with E-state index in [2.05, 4.69) is 9.98 Å². The number of aromatic hydroxyl groups is 2. The van der Waals surface area contributed by atoms with Gasteiger partial charge in [0.15, 0.2) is 5.54 Å². The van der Waals surface area contributed by atoms with Gasteiger partial charge in [-0.3, -0.25) is 0 Å². The highest BCUT2D eigenvalue weighted by atomic mass is 16.5. The van der Waals surface area contributed by atoms with Crippen LogP contribution in [0, 0.1) is 0 Å². The van der Waals surface area contributed by atoms with Gasteiger partial charge in [-0.05, 0) is 24.3 Å². The number of fused-ring (bicyclic) bond motifs is 4. The Bertz CT molecular complexity index is 736. The first-order chi connectivity index (χ1) is 10.1. The highest BCUT2D eigenvalue weighted by Gasteiger charge is 2.47. The quantitative estimate of drug-likeness (QED) is 0.670. The molecule has 0 radical (unpaired) electrons. The third-order valence-corrected chi connectivity index (χ3v) is 3.63. The van der Waals surface area contributed by atoms with E-state index in [0.717, 1.165) is 0 Å². The van der Waals surface area contributed by atoms with Crippen LogP contribution in [-0.2, 0) is 10.3 Å². The molecule has 0 aliphatic carbocycles. The van der Waals surface area contributed by atoms with Gasteiger partial charge in [0.2, 0.25) is 5.88 Å². The number of aliphatic imine (C=N–C) groups is 1. The molecule has 4 N–H and O–H groups in total. The minimum atomic E-state index is -0.975. The summed E-state index contributed by atoms with van der Waals surface area (Å²) in [5, 5.41) is 19.5. The SMILES string of the molecule is NC1=N[C@@]2(CO1)c1cc(O)ccc1Oc1ncc(O)cc12. The summed E-state index contributed by atoms with van der Waals surface area (Å²) in [6.45, 7) is 0.150. The average molecular weight is 285 g/mol. The second kappa shape index (κ2) is 3.78. The number of phenolic OH excluding ortho intramolecular Hbond substituents is 1. The molecule has 1 atom stereocenters. The molecule has 1 aromatic carbocycles. The van der Waals surface area contributed by atoms with E-state index < -0.39 is 5.54 Å². The minimum Gasteiger partial charge on any atom is -0.508 e. The number of rotatable bonds is 0. The molecule has 1 spiro atoms. The zero-order chi connectivity index (χ0) is 14.6. The molecular weight excluding hydrogens is 274 g/mol. The molecule has 0 unspecified atom stereocenters. The number of pyridine rings is 1. The zero-order valence-electron chi connectivity index (χ0n) is 10.8. The van der Waals surface area contributed by atoms with Crippen LogP contribution in [0.15, 0.2) is 35.5 Å². The molecule has 0 saturated carbocycles. The lowest BCUT2D eigenvalue weighted by atomic mass is 9.82. The summed E-state index contributed by atoms with van der Waals surface area (Å²) in [6, 6.07) is 6.25. The van der Waals surface area contributed by atoms with Crippen molar-refractivity contribution in [2.24, 2.45) is 10.7 Å². The summed E-state index contributed by atoms with van der Waals surface area (Å²) in [6.07, 6.45) is 1.29. The zero-order valence-corrected chi connectivity index (χ0v) is 10.8. The number of phenols is 1. The van der Waals surface area contributed by atoms with Gasteiger partial charge < -0.3 is 25.4 Å². The Balaban J connectivity index is 2.05. The van der Waals surface area contributed by atoms with Crippen LogP contribution in [0.2, 0.25) is 0 Å². The molecule has 3 heterocycles. The van der Waals surface area contributed by atoms with Crippen molar-refractivity contribution in [3.05, 3.63) is 41.6 Å². The molecule has 0 fully saturated rings. The normalized spacial score (nSPS) is 22.0. The third kappa shape index (κ3) is 1.54. The second-order valence-electron chi connectivity index (χ2n) is 4.93. The van der Waals surface area contributed by atoms with Crippen LogP contribution in [0.3, 0.4) is 0 Å². The lowest BCUT2D eigenvalue weighted by Crippen LogP contribution is -2.31. The van der Waals surface area contributed by atoms with E-state index in [1.165, 1.54) is 18.3 Å². The molecule has 0 amide bonds. The second-order valence-corrected chi connectivity index (χ2v) is 4.93. The maximum absolute atomic E-state index is 9.76. The van der Waals surface area contributed by atoms with Gasteiger partial charge in [0.05, 0.1) is 11.8 Å². The molecule has 2 aromatic rings. The first-order valence-corrected chi connectivity index (χ1v) is 6.27. The van der Waals surface area contributed by atoms with Gasteiger partial charge in [0.1, 0.15) is 23.9 Å². The molecule has 21 heavy (non-hydrogen) atoms. The van der Waals surface area contributed by atoms with Gasteiger partial charge >= 0.3 is 0 Å². The van der Waals surface area contributed by atoms with Gasteiger partial charge in [-0.25, -0.2) is 9.98 Å². The van der Waals surface area contributed by atoms with E-state index in [1.807, 2.05) is 0 Å². The van der Waals surface area contributed by atoms with Crippen molar-refractivity contribution in [3.63, 3.8) is 0 Å². The van der Waals surface area contributed by atoms with Crippen molar-refractivity contribution in [2.45, 2.75) is 5.54 Å². The number of nitrogens with zero attached hydrogens (tertiary/aromatic N) is 2. The van der Waals surface area contributed by atoms with Crippen LogP contribution < -0.4 is 10.5 Å². The van der Waals surface area contributed by atoms with Crippen molar-refractivity contribution >= 4 is 6.02 Å². The fraction of sp³-hybridized carbons (Fsp3) is 0.143. The van der Waals surface area contributed by atoms with Crippen molar-refractivity contribution in [1.82, 2.24) is 4.98 Å². The van der Waals surface area contributed by atoms with E-state index in [4.69, 9.17) is 15.2 Å². The Morgan fingerprint density at radius 3 is 2.71 bits per heavy atom. The van der Waals surface area contributed by atoms with E-state index in [1.54, 1.807) is 12.1 Å². The largest absolute Gasteiger partial charge is 0.508 e. The van der Waals surface area contributed by atoms with Gasteiger partial charge in [0, 0.05) is 5.56 Å². The maximum Gasteiger partial charge on any atom is 0.283 e. The molecule has 2 aliphatic heterocycles.